The Labute approximate surface area is 168 Å². The molecule has 1 N–H and O–H groups in total. The molecule has 1 amide bonds. The van der Waals surface area contributed by atoms with Gasteiger partial charge in [0.2, 0.25) is 0 Å². The molecule has 1 heterocycles. The first-order valence-electron chi connectivity index (χ1n) is 9.01. The Morgan fingerprint density at radius 1 is 1.07 bits per heavy atom. The Balaban J connectivity index is 1.67. The molecule has 0 spiro atoms. The van der Waals surface area contributed by atoms with Crippen molar-refractivity contribution in [1.82, 2.24) is 5.32 Å². The molecule has 6 nitrogen and oxygen atoms in total. The molecular weight excluding hydrogens is 378 g/mol. The second-order valence-corrected chi connectivity index (χ2v) is 6.88. The van der Waals surface area contributed by atoms with Gasteiger partial charge in [0.25, 0.3) is 5.91 Å². The number of amides is 1. The van der Waals surface area contributed by atoms with Crippen LogP contribution in [0.1, 0.15) is 24.6 Å². The normalized spacial score (nSPS) is 10.6. The number of ether oxygens (including phenoxy) is 2. The molecule has 0 aliphatic heterocycles. The third-order valence-electron chi connectivity index (χ3n) is 3.60. The van der Waals surface area contributed by atoms with Gasteiger partial charge < -0.3 is 14.8 Å². The summed E-state index contributed by atoms with van der Waals surface area (Å²) in [6, 6.07) is 13.9. The summed E-state index contributed by atoms with van der Waals surface area (Å²) in [5, 5.41) is 2.58. The Morgan fingerprint density at radius 3 is 2.61 bits per heavy atom. The van der Waals surface area contributed by atoms with Gasteiger partial charge in [0.15, 0.2) is 6.61 Å². The zero-order valence-electron chi connectivity index (χ0n) is 15.7. The summed E-state index contributed by atoms with van der Waals surface area (Å²) in [5.74, 6) is -1.29. The zero-order chi connectivity index (χ0) is 20.2. The Kier molecular flexibility index (Phi) is 8.94. The molecule has 148 valence electrons. The monoisotopic (exact) mass is 401 g/mol. The predicted octanol–water partition coefficient (Wildman–Crippen LogP) is 3.43. The molecule has 0 aliphatic carbocycles. The van der Waals surface area contributed by atoms with E-state index >= 15 is 0 Å². The molecule has 1 aromatic heterocycles. The fourth-order valence-electron chi connectivity index (χ4n) is 2.28. The number of esters is 2. The lowest BCUT2D eigenvalue weighted by atomic mass is 10.2. The van der Waals surface area contributed by atoms with Crippen LogP contribution >= 0.6 is 11.3 Å². The van der Waals surface area contributed by atoms with Crippen LogP contribution in [-0.4, -0.2) is 37.6 Å². The number of carbonyl (C=O) groups is 3. The van der Waals surface area contributed by atoms with Crippen LogP contribution in [0.2, 0.25) is 0 Å². The van der Waals surface area contributed by atoms with Crippen LogP contribution in [0.3, 0.4) is 0 Å². The van der Waals surface area contributed by atoms with Gasteiger partial charge in [-0.05, 0) is 37.1 Å². The maximum absolute atomic E-state index is 11.7. The molecule has 0 fully saturated rings. The quantitative estimate of drug-likeness (QED) is 0.375. The van der Waals surface area contributed by atoms with Crippen molar-refractivity contribution in [2.45, 2.75) is 19.8 Å². The van der Waals surface area contributed by atoms with Crippen LogP contribution in [0.5, 0.6) is 0 Å². The minimum absolute atomic E-state index is 0.239. The molecule has 0 aliphatic rings. The van der Waals surface area contributed by atoms with Crippen LogP contribution in [-0.2, 0) is 23.9 Å². The van der Waals surface area contributed by atoms with E-state index in [-0.39, 0.29) is 19.0 Å². The standard InChI is InChI=1S/C21H23NO5S/c1-2-26-20(24)9-6-14-22-19(23)15-27-21(25)13-11-17-10-12-18(28-17)16-7-4-3-5-8-16/h3-5,7-8,10-13H,2,6,9,14-15H2,1H3,(H,22,23)/b13-11+. The minimum Gasteiger partial charge on any atom is -0.466 e. The van der Waals surface area contributed by atoms with Gasteiger partial charge >= 0.3 is 11.9 Å². The van der Waals surface area contributed by atoms with Gasteiger partial charge in [-0.2, -0.15) is 0 Å². The summed E-state index contributed by atoms with van der Waals surface area (Å²) in [6.07, 6.45) is 3.67. The largest absolute Gasteiger partial charge is 0.466 e. The topological polar surface area (TPSA) is 81.7 Å². The van der Waals surface area contributed by atoms with Crippen LogP contribution in [0, 0.1) is 0 Å². The van der Waals surface area contributed by atoms with E-state index in [0.717, 1.165) is 15.3 Å². The first kappa shape index (κ1) is 21.4. The van der Waals surface area contributed by atoms with Gasteiger partial charge in [-0.15, -0.1) is 11.3 Å². The molecule has 0 saturated heterocycles. The smallest absolute Gasteiger partial charge is 0.331 e. The van der Waals surface area contributed by atoms with Crippen LogP contribution in [0.25, 0.3) is 16.5 Å². The van der Waals surface area contributed by atoms with E-state index in [9.17, 15) is 14.4 Å². The average molecular weight is 401 g/mol. The minimum atomic E-state index is -0.587. The summed E-state index contributed by atoms with van der Waals surface area (Å²) >= 11 is 1.56. The van der Waals surface area contributed by atoms with Crippen molar-refractivity contribution >= 4 is 35.3 Å². The number of hydrogen-bond donors (Lipinski definition) is 1. The van der Waals surface area contributed by atoms with E-state index in [1.807, 2.05) is 42.5 Å². The summed E-state index contributed by atoms with van der Waals surface area (Å²) < 4.78 is 9.70. The highest BCUT2D eigenvalue weighted by Gasteiger charge is 2.06. The lowest BCUT2D eigenvalue weighted by Gasteiger charge is -2.05. The molecule has 7 heteroatoms. The van der Waals surface area contributed by atoms with Crippen molar-refractivity contribution in [2.75, 3.05) is 19.8 Å². The number of rotatable bonds is 10. The van der Waals surface area contributed by atoms with Crippen molar-refractivity contribution < 1.29 is 23.9 Å². The summed E-state index contributed by atoms with van der Waals surface area (Å²) in [6.45, 7) is 2.04. The van der Waals surface area contributed by atoms with Crippen molar-refractivity contribution in [1.29, 1.82) is 0 Å². The van der Waals surface area contributed by atoms with Gasteiger partial charge in [-0.25, -0.2) is 4.79 Å². The second-order valence-electron chi connectivity index (χ2n) is 5.77. The molecular formula is C21H23NO5S. The molecule has 1 aromatic carbocycles. The van der Waals surface area contributed by atoms with Crippen molar-refractivity contribution in [3.8, 4) is 10.4 Å². The summed E-state index contributed by atoms with van der Waals surface area (Å²) in [4.78, 5) is 36.6. The first-order valence-corrected chi connectivity index (χ1v) is 9.82. The number of benzene rings is 1. The number of hydrogen-bond acceptors (Lipinski definition) is 6. The number of carbonyl (C=O) groups excluding carboxylic acids is 3. The van der Waals surface area contributed by atoms with E-state index in [2.05, 4.69) is 5.32 Å². The Morgan fingerprint density at radius 2 is 1.86 bits per heavy atom. The third-order valence-corrected chi connectivity index (χ3v) is 4.70. The van der Waals surface area contributed by atoms with Gasteiger partial charge in [0.1, 0.15) is 0 Å². The maximum atomic E-state index is 11.7. The number of thiophene rings is 1. The molecule has 2 aromatic rings. The highest BCUT2D eigenvalue weighted by atomic mass is 32.1. The summed E-state index contributed by atoms with van der Waals surface area (Å²) in [5.41, 5.74) is 1.12. The Bertz CT molecular complexity index is 813. The molecule has 2 rings (SSSR count). The second kappa shape index (κ2) is 11.7. The van der Waals surface area contributed by atoms with E-state index in [4.69, 9.17) is 9.47 Å². The fourth-order valence-corrected chi connectivity index (χ4v) is 3.20. The highest BCUT2D eigenvalue weighted by Crippen LogP contribution is 2.28. The average Bonchev–Trinajstić information content (AvgIpc) is 3.18. The van der Waals surface area contributed by atoms with Gasteiger partial charge in [-0.3, -0.25) is 9.59 Å². The van der Waals surface area contributed by atoms with Crippen LogP contribution in [0.15, 0.2) is 48.5 Å². The van der Waals surface area contributed by atoms with Crippen LogP contribution in [0.4, 0.5) is 0 Å². The lowest BCUT2D eigenvalue weighted by molar-refractivity contribution is -0.143. The van der Waals surface area contributed by atoms with E-state index in [1.165, 1.54) is 6.08 Å². The molecule has 0 atom stereocenters. The highest BCUT2D eigenvalue weighted by molar-refractivity contribution is 7.16. The zero-order valence-corrected chi connectivity index (χ0v) is 16.5. The van der Waals surface area contributed by atoms with Gasteiger partial charge in [0, 0.05) is 28.8 Å². The first-order chi connectivity index (χ1) is 13.6. The van der Waals surface area contributed by atoms with E-state index < -0.39 is 11.9 Å². The van der Waals surface area contributed by atoms with Crippen LogP contribution < -0.4 is 5.32 Å². The predicted molar refractivity (Wildman–Crippen MR) is 109 cm³/mol. The van der Waals surface area contributed by atoms with E-state index in [0.29, 0.717) is 19.6 Å². The molecule has 0 saturated carbocycles. The lowest BCUT2D eigenvalue weighted by Crippen LogP contribution is -2.29. The fraction of sp³-hybridized carbons (Fsp3) is 0.286. The molecule has 0 unspecified atom stereocenters. The van der Waals surface area contributed by atoms with E-state index in [1.54, 1.807) is 24.3 Å². The number of nitrogens with one attached hydrogen (secondary N) is 1. The molecule has 0 radical (unpaired) electrons. The van der Waals surface area contributed by atoms with Crippen molar-refractivity contribution in [3.63, 3.8) is 0 Å². The maximum Gasteiger partial charge on any atom is 0.331 e. The van der Waals surface area contributed by atoms with Crippen molar-refractivity contribution in [2.24, 2.45) is 0 Å². The van der Waals surface area contributed by atoms with Gasteiger partial charge in [-0.1, -0.05) is 30.3 Å². The molecule has 0 bridgehead atoms. The van der Waals surface area contributed by atoms with Gasteiger partial charge in [0.05, 0.1) is 6.61 Å². The SMILES string of the molecule is CCOC(=O)CCCNC(=O)COC(=O)/C=C/c1ccc(-c2ccccc2)s1. The van der Waals surface area contributed by atoms with Crippen molar-refractivity contribution in [3.05, 3.63) is 53.4 Å². The summed E-state index contributed by atoms with van der Waals surface area (Å²) in [7, 11) is 0. The third kappa shape index (κ3) is 7.75. The molecule has 28 heavy (non-hydrogen) atoms. The Hall–Kier alpha value is -2.93.